The van der Waals surface area contributed by atoms with E-state index in [0.717, 1.165) is 22.5 Å². The highest BCUT2D eigenvalue weighted by Crippen LogP contribution is 2.43. The van der Waals surface area contributed by atoms with E-state index in [1.165, 1.54) is 11.8 Å². The molecule has 1 aliphatic heterocycles. The van der Waals surface area contributed by atoms with E-state index in [1.807, 2.05) is 43.3 Å². The normalized spacial score (nSPS) is 15.5. The predicted molar refractivity (Wildman–Crippen MR) is 119 cm³/mol. The van der Waals surface area contributed by atoms with Crippen molar-refractivity contribution in [1.29, 1.82) is 0 Å². The molecule has 1 atom stereocenters. The summed E-state index contributed by atoms with van der Waals surface area (Å²) in [6.45, 7) is 5.11. The van der Waals surface area contributed by atoms with Crippen LogP contribution in [0.25, 0.3) is 11.0 Å². The first-order valence-electron chi connectivity index (χ1n) is 9.81. The minimum atomic E-state index is -0.685. The summed E-state index contributed by atoms with van der Waals surface area (Å²) in [5.41, 5.74) is 2.69. The van der Waals surface area contributed by atoms with Gasteiger partial charge in [-0.1, -0.05) is 53.3 Å². The summed E-state index contributed by atoms with van der Waals surface area (Å²) in [4.78, 5) is 45.5. The maximum Gasteiger partial charge on any atom is 0.297 e. The van der Waals surface area contributed by atoms with Crippen LogP contribution in [-0.4, -0.2) is 16.7 Å². The number of Topliss-reactive ketones (excluding diaryl/α,β-unsaturated/α-hetero) is 1. The minimum absolute atomic E-state index is 0.0208. The Bertz CT molecular complexity index is 1440. The maximum absolute atomic E-state index is 13.5. The van der Waals surface area contributed by atoms with Gasteiger partial charge in [0.15, 0.2) is 16.3 Å². The topological polar surface area (TPSA) is 80.5 Å². The van der Waals surface area contributed by atoms with Crippen LogP contribution in [0.4, 0.5) is 5.13 Å². The molecule has 4 aromatic rings. The molecule has 1 unspecified atom stereocenters. The van der Waals surface area contributed by atoms with Gasteiger partial charge in [0.2, 0.25) is 5.76 Å². The largest absolute Gasteiger partial charge is 0.450 e. The zero-order chi connectivity index (χ0) is 21.9. The van der Waals surface area contributed by atoms with Gasteiger partial charge in [0, 0.05) is 6.92 Å². The van der Waals surface area contributed by atoms with E-state index in [1.54, 1.807) is 19.1 Å². The molecule has 0 spiro atoms. The lowest BCUT2D eigenvalue weighted by Crippen LogP contribution is -2.29. The first-order chi connectivity index (χ1) is 14.9. The Morgan fingerprint density at radius 3 is 2.52 bits per heavy atom. The molecular weight excluding hydrogens is 412 g/mol. The van der Waals surface area contributed by atoms with Crippen molar-refractivity contribution in [3.8, 4) is 0 Å². The fraction of sp³-hybridized carbons (Fsp3) is 0.167. The number of thiazole rings is 1. The number of ketones is 1. The standard InChI is InChI=1S/C24H18N2O4S/c1-12-9-10-17-16(11-12)20(28)18-19(15-7-5-4-6-8-15)26(23(29)21(18)30-17)24-25-13(2)22(31-24)14(3)27/h4-11,19H,1-3H3. The van der Waals surface area contributed by atoms with E-state index < -0.39 is 11.9 Å². The van der Waals surface area contributed by atoms with Gasteiger partial charge in [-0.25, -0.2) is 4.98 Å². The molecule has 154 valence electrons. The average molecular weight is 430 g/mol. The molecule has 0 bridgehead atoms. The van der Waals surface area contributed by atoms with Crippen LogP contribution in [0.2, 0.25) is 0 Å². The Labute approximate surface area is 181 Å². The van der Waals surface area contributed by atoms with Crippen LogP contribution < -0.4 is 10.3 Å². The Kier molecular flexibility index (Phi) is 4.37. The smallest absolute Gasteiger partial charge is 0.297 e. The number of anilines is 1. The zero-order valence-corrected chi connectivity index (χ0v) is 17.9. The van der Waals surface area contributed by atoms with Gasteiger partial charge in [0.05, 0.1) is 27.6 Å². The van der Waals surface area contributed by atoms with Crippen LogP contribution in [-0.2, 0) is 0 Å². The van der Waals surface area contributed by atoms with E-state index >= 15 is 0 Å². The summed E-state index contributed by atoms with van der Waals surface area (Å²) in [7, 11) is 0. The number of carbonyl (C=O) groups is 2. The highest BCUT2D eigenvalue weighted by atomic mass is 32.1. The maximum atomic E-state index is 13.5. The van der Waals surface area contributed by atoms with Crippen LogP contribution in [0.5, 0.6) is 0 Å². The molecular formula is C24H18N2O4S. The SMILES string of the molecule is CC(=O)c1sc(N2C(=O)c3oc4ccc(C)cc4c(=O)c3C2c2ccccc2)nc1C. The molecule has 31 heavy (non-hydrogen) atoms. The van der Waals surface area contributed by atoms with E-state index in [4.69, 9.17) is 4.42 Å². The number of fused-ring (bicyclic) bond motifs is 2. The lowest BCUT2D eigenvalue weighted by atomic mass is 9.98. The molecule has 0 aliphatic carbocycles. The van der Waals surface area contributed by atoms with E-state index in [-0.39, 0.29) is 17.0 Å². The molecule has 3 heterocycles. The number of hydrogen-bond acceptors (Lipinski definition) is 6. The van der Waals surface area contributed by atoms with E-state index in [9.17, 15) is 14.4 Å². The third kappa shape index (κ3) is 2.92. The predicted octanol–water partition coefficient (Wildman–Crippen LogP) is 4.82. The van der Waals surface area contributed by atoms with Gasteiger partial charge in [0.25, 0.3) is 5.91 Å². The monoisotopic (exact) mass is 430 g/mol. The van der Waals surface area contributed by atoms with Crippen molar-refractivity contribution in [2.24, 2.45) is 0 Å². The van der Waals surface area contributed by atoms with Gasteiger partial charge in [-0.15, -0.1) is 0 Å². The summed E-state index contributed by atoms with van der Waals surface area (Å²) in [6, 6.07) is 14.0. The molecule has 7 heteroatoms. The van der Waals surface area contributed by atoms with Gasteiger partial charge >= 0.3 is 0 Å². The van der Waals surface area contributed by atoms with Crippen molar-refractivity contribution in [2.75, 3.05) is 4.90 Å². The fourth-order valence-electron chi connectivity index (χ4n) is 4.05. The molecule has 0 radical (unpaired) electrons. The van der Waals surface area contributed by atoms with E-state index in [0.29, 0.717) is 32.2 Å². The second-order valence-corrected chi connectivity index (χ2v) is 8.61. The minimum Gasteiger partial charge on any atom is -0.450 e. The van der Waals surface area contributed by atoms with Gasteiger partial charge in [-0.2, -0.15) is 0 Å². The number of carbonyl (C=O) groups excluding carboxylic acids is 2. The first-order valence-corrected chi connectivity index (χ1v) is 10.6. The van der Waals surface area contributed by atoms with Crippen LogP contribution >= 0.6 is 11.3 Å². The fourth-order valence-corrected chi connectivity index (χ4v) is 5.04. The highest BCUT2D eigenvalue weighted by molar-refractivity contribution is 7.17. The molecule has 1 aliphatic rings. The van der Waals surface area contributed by atoms with Crippen LogP contribution in [0.1, 0.15) is 55.6 Å². The summed E-state index contributed by atoms with van der Waals surface area (Å²) < 4.78 is 5.96. The molecule has 0 saturated heterocycles. The molecule has 6 nitrogen and oxygen atoms in total. The summed E-state index contributed by atoms with van der Waals surface area (Å²) in [5.74, 6) is -0.531. The Morgan fingerprint density at radius 2 is 1.84 bits per heavy atom. The van der Waals surface area contributed by atoms with Gasteiger partial charge in [-0.05, 0) is 31.5 Å². The van der Waals surface area contributed by atoms with Crippen LogP contribution in [0, 0.1) is 13.8 Å². The van der Waals surface area contributed by atoms with Gasteiger partial charge < -0.3 is 4.42 Å². The number of benzene rings is 2. The van der Waals surface area contributed by atoms with Crippen molar-refractivity contribution in [1.82, 2.24) is 4.98 Å². The van der Waals surface area contributed by atoms with Crippen molar-refractivity contribution >= 4 is 39.1 Å². The number of rotatable bonds is 3. The van der Waals surface area contributed by atoms with Crippen molar-refractivity contribution < 1.29 is 14.0 Å². The van der Waals surface area contributed by atoms with Crippen molar-refractivity contribution in [3.63, 3.8) is 0 Å². The summed E-state index contributed by atoms with van der Waals surface area (Å²) >= 11 is 1.15. The molecule has 0 saturated carbocycles. The number of amides is 1. The highest BCUT2D eigenvalue weighted by Gasteiger charge is 2.45. The van der Waals surface area contributed by atoms with E-state index in [2.05, 4.69) is 4.98 Å². The second kappa shape index (κ2) is 6.99. The molecule has 2 aromatic heterocycles. The van der Waals surface area contributed by atoms with Crippen LogP contribution in [0.15, 0.2) is 57.7 Å². The van der Waals surface area contributed by atoms with Crippen LogP contribution in [0.3, 0.4) is 0 Å². The van der Waals surface area contributed by atoms with Gasteiger partial charge in [-0.3, -0.25) is 19.3 Å². The average Bonchev–Trinajstić information content (AvgIpc) is 3.27. The molecule has 0 fully saturated rings. The number of aromatic nitrogens is 1. The molecule has 0 N–H and O–H groups in total. The Hall–Kier alpha value is -3.58. The summed E-state index contributed by atoms with van der Waals surface area (Å²) in [5, 5.41) is 0.807. The Balaban J connectivity index is 1.81. The lowest BCUT2D eigenvalue weighted by molar-refractivity contribution is 0.0969. The zero-order valence-electron chi connectivity index (χ0n) is 17.1. The third-order valence-electron chi connectivity index (χ3n) is 5.45. The molecule has 5 rings (SSSR count). The number of aryl methyl sites for hydroxylation is 2. The van der Waals surface area contributed by atoms with Gasteiger partial charge in [0.1, 0.15) is 5.58 Å². The quantitative estimate of drug-likeness (QED) is 0.436. The van der Waals surface area contributed by atoms with Crippen molar-refractivity contribution in [3.05, 3.63) is 91.8 Å². The second-order valence-electron chi connectivity index (χ2n) is 7.63. The number of nitrogens with zero attached hydrogens (tertiary/aromatic N) is 2. The molecule has 2 aromatic carbocycles. The van der Waals surface area contributed by atoms with Crippen molar-refractivity contribution in [2.45, 2.75) is 26.8 Å². The first kappa shape index (κ1) is 19.4. The number of hydrogen-bond donors (Lipinski definition) is 0. The third-order valence-corrected chi connectivity index (χ3v) is 6.71. The summed E-state index contributed by atoms with van der Waals surface area (Å²) in [6.07, 6.45) is 0. The Morgan fingerprint density at radius 1 is 1.10 bits per heavy atom. The lowest BCUT2D eigenvalue weighted by Gasteiger charge is -2.22. The molecule has 1 amide bonds.